The normalized spacial score (nSPS) is 22.3. The van der Waals surface area contributed by atoms with Gasteiger partial charge in [-0.25, -0.2) is 15.0 Å². The summed E-state index contributed by atoms with van der Waals surface area (Å²) in [6, 6.07) is 61.9. The van der Waals surface area contributed by atoms with Gasteiger partial charge in [0, 0.05) is 38.6 Å². The zero-order chi connectivity index (χ0) is 38.7. The minimum absolute atomic E-state index is 0.143. The van der Waals surface area contributed by atoms with Gasteiger partial charge in [-0.15, -0.1) is 0 Å². The molecule has 0 radical (unpaired) electrons. The Balaban J connectivity index is 0.963. The molecule has 0 aliphatic heterocycles. The van der Waals surface area contributed by atoms with E-state index in [1.165, 1.54) is 76.2 Å². The molecule has 2 heterocycles. The fourth-order valence-electron chi connectivity index (χ4n) is 12.5. The molecule has 0 atom stereocenters. The molecule has 5 aliphatic rings. The molecule has 0 unspecified atom stereocenters. The first-order chi connectivity index (χ1) is 29.2. The van der Waals surface area contributed by atoms with Crippen LogP contribution < -0.4 is 0 Å². The lowest BCUT2D eigenvalue weighted by Crippen LogP contribution is -2.55. The molecule has 14 rings (SSSR count). The smallest absolute Gasteiger partial charge is 0.164 e. The van der Waals surface area contributed by atoms with Crippen molar-refractivity contribution in [3.05, 3.63) is 181 Å². The highest BCUT2D eigenvalue weighted by Gasteiger charge is 2.61. The van der Waals surface area contributed by atoms with Crippen LogP contribution in [0.15, 0.2) is 170 Å². The standard InChI is InChI=1S/C55H42N4/c1-3-12-36(13-4-1)52-56-53(37-14-5-2-6-15-37)58-54(57-52)40-16-11-17-43(31-40)59-50-21-10-8-19-46(50)47-25-23-39(33-51(47)59)38-22-24-45-44-18-7-9-20-48(44)55(49(45)32-38)41-27-34-26-35(29-41)30-42(55)28-34/h1-25,31-35,41-42H,26-30H2. The lowest BCUT2D eigenvalue weighted by molar-refractivity contribution is -0.0399. The van der Waals surface area contributed by atoms with E-state index in [2.05, 4.69) is 138 Å². The second-order valence-corrected chi connectivity index (χ2v) is 17.7. The molecule has 4 bridgehead atoms. The number of para-hydroxylation sites is 1. The molecule has 9 aromatic rings. The summed E-state index contributed by atoms with van der Waals surface area (Å²) in [7, 11) is 0. The maximum atomic E-state index is 5.08. The second kappa shape index (κ2) is 12.7. The number of aromatic nitrogens is 4. The Kier molecular flexibility index (Phi) is 7.16. The minimum Gasteiger partial charge on any atom is -0.309 e. The highest BCUT2D eigenvalue weighted by atomic mass is 15.0. The lowest BCUT2D eigenvalue weighted by Gasteiger charge is -2.61. The van der Waals surface area contributed by atoms with Gasteiger partial charge in [-0.1, -0.05) is 140 Å². The van der Waals surface area contributed by atoms with E-state index in [-0.39, 0.29) is 5.41 Å². The molecule has 1 spiro atoms. The van der Waals surface area contributed by atoms with Crippen LogP contribution >= 0.6 is 0 Å². The van der Waals surface area contributed by atoms with Crippen LogP contribution in [0.5, 0.6) is 0 Å². The molecule has 7 aromatic carbocycles. The summed E-state index contributed by atoms with van der Waals surface area (Å²) in [4.78, 5) is 15.1. The van der Waals surface area contributed by atoms with Crippen LogP contribution in [0, 0.1) is 23.7 Å². The van der Waals surface area contributed by atoms with Crippen LogP contribution in [-0.4, -0.2) is 19.5 Å². The van der Waals surface area contributed by atoms with Gasteiger partial charge in [-0.05, 0) is 119 Å². The maximum Gasteiger partial charge on any atom is 0.164 e. The van der Waals surface area contributed by atoms with E-state index in [9.17, 15) is 0 Å². The van der Waals surface area contributed by atoms with Gasteiger partial charge in [0.05, 0.1) is 11.0 Å². The fourth-order valence-corrected chi connectivity index (χ4v) is 12.5. The van der Waals surface area contributed by atoms with Crippen LogP contribution in [0.1, 0.15) is 43.2 Å². The van der Waals surface area contributed by atoms with E-state index in [0.717, 1.165) is 46.0 Å². The zero-order valence-electron chi connectivity index (χ0n) is 32.8. The Labute approximate surface area is 344 Å². The van der Waals surface area contributed by atoms with Gasteiger partial charge < -0.3 is 4.57 Å². The number of benzene rings is 7. The molecule has 4 fully saturated rings. The Hall–Kier alpha value is -6.65. The highest BCUT2D eigenvalue weighted by Crippen LogP contribution is 2.69. The maximum absolute atomic E-state index is 5.08. The van der Waals surface area contributed by atoms with Crippen LogP contribution in [0.3, 0.4) is 0 Å². The third-order valence-corrected chi connectivity index (χ3v) is 14.6. The number of nitrogens with zero attached hydrogens (tertiary/aromatic N) is 4. The molecular weight excluding hydrogens is 717 g/mol. The third kappa shape index (κ3) is 4.93. The van der Waals surface area contributed by atoms with Gasteiger partial charge in [-0.3, -0.25) is 0 Å². The van der Waals surface area contributed by atoms with E-state index >= 15 is 0 Å². The monoisotopic (exact) mass is 758 g/mol. The molecule has 4 saturated carbocycles. The number of fused-ring (bicyclic) bond motifs is 6. The van der Waals surface area contributed by atoms with Gasteiger partial charge in [0.2, 0.25) is 0 Å². The van der Waals surface area contributed by atoms with E-state index < -0.39 is 0 Å². The molecule has 2 aromatic heterocycles. The average molecular weight is 759 g/mol. The van der Waals surface area contributed by atoms with Gasteiger partial charge in [0.15, 0.2) is 17.5 Å². The van der Waals surface area contributed by atoms with Crippen molar-refractivity contribution in [3.63, 3.8) is 0 Å². The Morgan fingerprint density at radius 2 is 0.949 bits per heavy atom. The van der Waals surface area contributed by atoms with Crippen molar-refractivity contribution in [1.29, 1.82) is 0 Å². The van der Waals surface area contributed by atoms with Crippen molar-refractivity contribution in [2.45, 2.75) is 37.5 Å². The summed E-state index contributed by atoms with van der Waals surface area (Å²) in [5, 5.41) is 2.49. The molecule has 5 aliphatic carbocycles. The van der Waals surface area contributed by atoms with E-state index in [1.54, 1.807) is 11.1 Å². The first-order valence-corrected chi connectivity index (χ1v) is 21.4. The number of hydrogen-bond donors (Lipinski definition) is 0. The van der Waals surface area contributed by atoms with Crippen LogP contribution in [0.25, 0.3) is 83.9 Å². The summed E-state index contributed by atoms with van der Waals surface area (Å²) >= 11 is 0. The summed E-state index contributed by atoms with van der Waals surface area (Å²) in [5.74, 6) is 5.30. The zero-order valence-corrected chi connectivity index (χ0v) is 32.8. The molecule has 0 saturated heterocycles. The number of hydrogen-bond acceptors (Lipinski definition) is 3. The summed E-state index contributed by atoms with van der Waals surface area (Å²) in [6.45, 7) is 0. The Morgan fingerprint density at radius 1 is 0.390 bits per heavy atom. The first-order valence-electron chi connectivity index (χ1n) is 21.4. The van der Waals surface area contributed by atoms with Crippen molar-refractivity contribution < 1.29 is 0 Å². The first kappa shape index (κ1) is 33.3. The van der Waals surface area contributed by atoms with Crippen molar-refractivity contribution in [3.8, 4) is 62.1 Å². The molecule has 4 nitrogen and oxygen atoms in total. The number of rotatable bonds is 5. The predicted molar refractivity (Wildman–Crippen MR) is 239 cm³/mol. The molecule has 0 N–H and O–H groups in total. The summed E-state index contributed by atoms with van der Waals surface area (Å²) in [5.41, 5.74) is 15.2. The minimum atomic E-state index is 0.143. The Bertz CT molecular complexity index is 3040. The third-order valence-electron chi connectivity index (χ3n) is 14.6. The summed E-state index contributed by atoms with van der Waals surface area (Å²) in [6.07, 6.45) is 7.03. The SMILES string of the molecule is c1ccc(-c2nc(-c3ccccc3)nc(-c3cccc(-n4c5ccccc5c5ccc(-c6ccc7c(c6)C6(c8ccccc8-7)C7CC8CC(C7)CC6C8)cc54)c3)n2)cc1. The predicted octanol–water partition coefficient (Wildman–Crippen LogP) is 13.4. The van der Waals surface area contributed by atoms with E-state index in [0.29, 0.717) is 17.5 Å². The highest BCUT2D eigenvalue weighted by molar-refractivity contribution is 6.10. The average Bonchev–Trinajstić information content (AvgIpc) is 3.78. The molecule has 4 heteroatoms. The molecule has 282 valence electrons. The van der Waals surface area contributed by atoms with Gasteiger partial charge in [-0.2, -0.15) is 0 Å². The quantitative estimate of drug-likeness (QED) is 0.176. The van der Waals surface area contributed by atoms with Crippen molar-refractivity contribution in [1.82, 2.24) is 19.5 Å². The van der Waals surface area contributed by atoms with E-state index in [4.69, 9.17) is 15.0 Å². The van der Waals surface area contributed by atoms with Gasteiger partial charge in [0.25, 0.3) is 0 Å². The van der Waals surface area contributed by atoms with Gasteiger partial charge in [0.1, 0.15) is 0 Å². The Morgan fingerprint density at radius 3 is 1.68 bits per heavy atom. The van der Waals surface area contributed by atoms with Crippen molar-refractivity contribution >= 4 is 21.8 Å². The van der Waals surface area contributed by atoms with Crippen LogP contribution in [0.4, 0.5) is 0 Å². The molecular formula is C55H42N4. The lowest BCUT2D eigenvalue weighted by atomic mass is 9.43. The molecule has 0 amide bonds. The fraction of sp³-hybridized carbons (Fsp3) is 0.182. The van der Waals surface area contributed by atoms with Crippen LogP contribution in [-0.2, 0) is 5.41 Å². The van der Waals surface area contributed by atoms with E-state index in [1.807, 2.05) is 36.4 Å². The topological polar surface area (TPSA) is 43.6 Å². The summed E-state index contributed by atoms with van der Waals surface area (Å²) < 4.78 is 2.43. The van der Waals surface area contributed by atoms with Crippen LogP contribution in [0.2, 0.25) is 0 Å². The molecule has 59 heavy (non-hydrogen) atoms. The largest absolute Gasteiger partial charge is 0.309 e. The van der Waals surface area contributed by atoms with Crippen molar-refractivity contribution in [2.24, 2.45) is 23.7 Å². The second-order valence-electron chi connectivity index (χ2n) is 17.7. The van der Waals surface area contributed by atoms with Gasteiger partial charge >= 0.3 is 0 Å². The van der Waals surface area contributed by atoms with Crippen molar-refractivity contribution in [2.75, 3.05) is 0 Å².